The molecule has 2 aliphatic rings. The third-order valence-corrected chi connectivity index (χ3v) is 9.85. The number of halogens is 5. The molecule has 8 nitrogen and oxygen atoms in total. The molecule has 0 bridgehead atoms. The first kappa shape index (κ1) is 30.0. The molecule has 48 heavy (non-hydrogen) atoms. The Morgan fingerprint density at radius 3 is 2.06 bits per heavy atom. The standard InChI is InChI=1S/C33H17F5N6O2S2/c34-17-9-16-12-23(29(45)26(16)19(35)13-17)42-44-32-40-21-10-14(6-8-25(21)48-32)18-7-5-15-11-22(30(46)27(15)28(18)33(36,37)38)41-43-31-39-20-3-1-2-4-24(20)47-31/h1-10,13H,11-12H2,(H,39,43)(H,40,44)/b41-22-,42-23-. The van der Waals surface area contributed by atoms with Gasteiger partial charge in [0.1, 0.15) is 23.1 Å². The summed E-state index contributed by atoms with van der Waals surface area (Å²) in [6.07, 6.45) is -5.01. The van der Waals surface area contributed by atoms with E-state index < -0.39 is 40.5 Å². The molecule has 6 aromatic rings. The van der Waals surface area contributed by atoms with E-state index in [1.165, 1.54) is 35.6 Å². The molecule has 15 heteroatoms. The quantitative estimate of drug-likeness (QED) is 0.139. The Kier molecular flexibility index (Phi) is 6.92. The predicted molar refractivity (Wildman–Crippen MR) is 174 cm³/mol. The summed E-state index contributed by atoms with van der Waals surface area (Å²) in [4.78, 5) is 34.8. The van der Waals surface area contributed by atoms with E-state index in [0.29, 0.717) is 21.4 Å². The lowest BCUT2D eigenvalue weighted by Gasteiger charge is -2.16. The first-order chi connectivity index (χ1) is 23.0. The number of carbonyl (C=O) groups is 2. The largest absolute Gasteiger partial charge is 0.417 e. The molecular formula is C33H17F5N6O2S2. The van der Waals surface area contributed by atoms with Crippen molar-refractivity contribution in [3.8, 4) is 11.1 Å². The SMILES string of the molecule is O=C1/C(=N\Nc2nc3cc(-c4ccc5c(c4C(F)(F)F)C(=O)/C(=N\Nc4nc6ccccc6s4)C5)ccc3s2)Cc2cc(F)cc(F)c21. The molecule has 8 rings (SSSR count). The zero-order valence-electron chi connectivity index (χ0n) is 24.1. The van der Waals surface area contributed by atoms with Crippen LogP contribution in [0.1, 0.15) is 37.4 Å². The molecule has 0 fully saturated rings. The first-order valence-electron chi connectivity index (χ1n) is 14.3. The fraction of sp³-hybridized carbons (Fsp3) is 0.0909. The van der Waals surface area contributed by atoms with Gasteiger partial charge in [-0.15, -0.1) is 0 Å². The Balaban J connectivity index is 1.08. The van der Waals surface area contributed by atoms with E-state index >= 15 is 0 Å². The van der Waals surface area contributed by atoms with Crippen molar-refractivity contribution in [1.29, 1.82) is 0 Å². The summed E-state index contributed by atoms with van der Waals surface area (Å²) >= 11 is 2.44. The Labute approximate surface area is 274 Å². The number of anilines is 2. The second kappa shape index (κ2) is 11.1. The Bertz CT molecular complexity index is 2400. The zero-order valence-corrected chi connectivity index (χ0v) is 25.7. The van der Waals surface area contributed by atoms with E-state index in [-0.39, 0.29) is 57.2 Å². The first-order valence-corrected chi connectivity index (χ1v) is 15.9. The lowest BCUT2D eigenvalue weighted by Crippen LogP contribution is -2.16. The van der Waals surface area contributed by atoms with Crippen molar-refractivity contribution in [1.82, 2.24) is 9.97 Å². The van der Waals surface area contributed by atoms with Crippen LogP contribution in [0.3, 0.4) is 0 Å². The van der Waals surface area contributed by atoms with Crippen molar-refractivity contribution >= 4 is 76.4 Å². The Morgan fingerprint density at radius 1 is 0.708 bits per heavy atom. The van der Waals surface area contributed by atoms with Crippen LogP contribution in [0.2, 0.25) is 0 Å². The minimum absolute atomic E-state index is 0.0368. The van der Waals surface area contributed by atoms with Crippen LogP contribution in [0.4, 0.5) is 32.2 Å². The highest BCUT2D eigenvalue weighted by molar-refractivity contribution is 7.22. The van der Waals surface area contributed by atoms with E-state index in [0.717, 1.165) is 27.6 Å². The topological polar surface area (TPSA) is 109 Å². The van der Waals surface area contributed by atoms with Crippen LogP contribution in [0.5, 0.6) is 0 Å². The molecule has 0 aliphatic heterocycles. The van der Waals surface area contributed by atoms with Gasteiger partial charge in [0, 0.05) is 24.5 Å². The van der Waals surface area contributed by atoms with Crippen LogP contribution in [-0.2, 0) is 19.0 Å². The number of hydrazone groups is 2. The maximum absolute atomic E-state index is 14.7. The third kappa shape index (κ3) is 5.11. The summed E-state index contributed by atoms with van der Waals surface area (Å²) in [5.74, 6) is -3.27. The van der Waals surface area contributed by atoms with Gasteiger partial charge in [-0.05, 0) is 52.6 Å². The highest BCUT2D eigenvalue weighted by Crippen LogP contribution is 2.44. The summed E-state index contributed by atoms with van der Waals surface area (Å²) in [5.41, 5.74) is 5.02. The lowest BCUT2D eigenvalue weighted by atomic mass is 9.92. The van der Waals surface area contributed by atoms with Gasteiger partial charge in [-0.3, -0.25) is 20.4 Å². The number of benzene rings is 4. The highest BCUT2D eigenvalue weighted by atomic mass is 32.1. The van der Waals surface area contributed by atoms with Crippen LogP contribution >= 0.6 is 22.7 Å². The molecule has 0 unspecified atom stereocenters. The summed E-state index contributed by atoms with van der Waals surface area (Å²) in [5, 5.41) is 8.83. The second-order valence-corrected chi connectivity index (χ2v) is 13.0. The van der Waals surface area contributed by atoms with Gasteiger partial charge in [0.25, 0.3) is 0 Å². The smallest absolute Gasteiger partial charge is 0.287 e. The number of thiazole rings is 2. The monoisotopic (exact) mass is 688 g/mol. The van der Waals surface area contributed by atoms with Crippen molar-refractivity contribution < 1.29 is 31.5 Å². The van der Waals surface area contributed by atoms with Gasteiger partial charge in [-0.25, -0.2) is 18.7 Å². The number of ketones is 2. The van der Waals surface area contributed by atoms with E-state index in [1.54, 1.807) is 6.07 Å². The number of fused-ring (bicyclic) bond motifs is 4. The molecule has 238 valence electrons. The molecule has 0 saturated carbocycles. The second-order valence-electron chi connectivity index (χ2n) is 11.0. The fourth-order valence-corrected chi connectivity index (χ4v) is 7.49. The molecule has 0 radical (unpaired) electrons. The number of hydrogen-bond donors (Lipinski definition) is 2. The van der Waals surface area contributed by atoms with Crippen molar-refractivity contribution in [3.63, 3.8) is 0 Å². The Morgan fingerprint density at radius 2 is 1.35 bits per heavy atom. The van der Waals surface area contributed by atoms with Crippen LogP contribution in [0, 0.1) is 11.6 Å². The maximum atomic E-state index is 14.7. The molecule has 2 aromatic heterocycles. The number of Topliss-reactive ketones (excluding diaryl/α,β-unsaturated/α-hetero) is 2. The summed E-state index contributed by atoms with van der Waals surface area (Å²) in [6.45, 7) is 0. The number of rotatable bonds is 5. The van der Waals surface area contributed by atoms with Crippen molar-refractivity contribution in [3.05, 3.63) is 106 Å². The average Bonchev–Trinajstić information content (AvgIpc) is 3.80. The number of aromatic nitrogens is 2. The molecule has 0 atom stereocenters. The highest BCUT2D eigenvalue weighted by Gasteiger charge is 2.43. The molecule has 0 saturated heterocycles. The molecule has 0 amide bonds. The van der Waals surface area contributed by atoms with Crippen LogP contribution in [0.15, 0.2) is 76.9 Å². The zero-order chi connectivity index (χ0) is 33.3. The van der Waals surface area contributed by atoms with Gasteiger partial charge in [0.15, 0.2) is 0 Å². The van der Waals surface area contributed by atoms with Crippen molar-refractivity contribution in [2.75, 3.05) is 10.9 Å². The summed E-state index contributed by atoms with van der Waals surface area (Å²) in [6, 6.07) is 16.5. The van der Waals surface area contributed by atoms with E-state index in [2.05, 4.69) is 31.0 Å². The van der Waals surface area contributed by atoms with Gasteiger partial charge in [-0.2, -0.15) is 23.4 Å². The number of alkyl halides is 3. The maximum Gasteiger partial charge on any atom is 0.417 e. The summed E-state index contributed by atoms with van der Waals surface area (Å²) < 4.78 is 73.3. The molecule has 4 aromatic carbocycles. The molecule has 0 spiro atoms. The number of nitrogens with zero attached hydrogens (tertiary/aromatic N) is 4. The van der Waals surface area contributed by atoms with E-state index in [9.17, 15) is 31.5 Å². The predicted octanol–water partition coefficient (Wildman–Crippen LogP) is 8.28. The number of carbonyl (C=O) groups excluding carboxylic acids is 2. The van der Waals surface area contributed by atoms with Gasteiger partial charge in [0.2, 0.25) is 21.8 Å². The average molecular weight is 689 g/mol. The van der Waals surface area contributed by atoms with Crippen LogP contribution in [0.25, 0.3) is 31.6 Å². The van der Waals surface area contributed by atoms with Crippen molar-refractivity contribution in [2.24, 2.45) is 10.2 Å². The van der Waals surface area contributed by atoms with Crippen molar-refractivity contribution in [2.45, 2.75) is 19.0 Å². The molecular weight excluding hydrogens is 672 g/mol. The lowest BCUT2D eigenvalue weighted by molar-refractivity contribution is -0.137. The van der Waals surface area contributed by atoms with Crippen LogP contribution < -0.4 is 10.9 Å². The van der Waals surface area contributed by atoms with Gasteiger partial charge >= 0.3 is 6.18 Å². The summed E-state index contributed by atoms with van der Waals surface area (Å²) in [7, 11) is 0. The van der Waals surface area contributed by atoms with Gasteiger partial charge in [-0.1, -0.05) is 53.0 Å². The number of hydrogen-bond acceptors (Lipinski definition) is 10. The minimum Gasteiger partial charge on any atom is -0.287 e. The fourth-order valence-electron chi connectivity index (χ4n) is 5.89. The van der Waals surface area contributed by atoms with E-state index in [4.69, 9.17) is 0 Å². The van der Waals surface area contributed by atoms with E-state index in [1.807, 2.05) is 24.3 Å². The van der Waals surface area contributed by atoms with Gasteiger partial charge < -0.3 is 0 Å². The number of nitrogens with one attached hydrogen (secondary N) is 2. The minimum atomic E-state index is -4.86. The third-order valence-electron chi connectivity index (χ3n) is 7.97. The van der Waals surface area contributed by atoms with Crippen LogP contribution in [-0.4, -0.2) is 33.0 Å². The number of para-hydroxylation sites is 1. The Hall–Kier alpha value is -5.41. The normalized spacial score (nSPS) is 16.0. The molecule has 2 heterocycles. The molecule has 2 N–H and O–H groups in total. The van der Waals surface area contributed by atoms with Gasteiger partial charge in [0.05, 0.1) is 31.6 Å². The molecule has 2 aliphatic carbocycles.